The van der Waals surface area contributed by atoms with Gasteiger partial charge in [0.1, 0.15) is 0 Å². The molecule has 1 aromatic carbocycles. The maximum Gasteiger partial charge on any atom is 0.243 e. The highest BCUT2D eigenvalue weighted by Crippen LogP contribution is 2.32. The van der Waals surface area contributed by atoms with Crippen molar-refractivity contribution in [3.8, 4) is 0 Å². The fourth-order valence-electron chi connectivity index (χ4n) is 2.71. The number of sulfonamides is 1. The van der Waals surface area contributed by atoms with E-state index in [1.807, 2.05) is 26.0 Å². The lowest BCUT2D eigenvalue weighted by molar-refractivity contribution is 0.216. The summed E-state index contributed by atoms with van der Waals surface area (Å²) in [6.07, 6.45) is 0. The van der Waals surface area contributed by atoms with Gasteiger partial charge < -0.3 is 4.52 Å². The molecule has 136 valence electrons. The lowest BCUT2D eigenvalue weighted by Crippen LogP contribution is -2.48. The summed E-state index contributed by atoms with van der Waals surface area (Å²) in [7, 11) is -3.47. The molecule has 0 unspecified atom stereocenters. The average molecular weight is 363 g/mol. The van der Waals surface area contributed by atoms with Crippen LogP contribution in [0.15, 0.2) is 33.7 Å². The third kappa shape index (κ3) is 3.48. The second kappa shape index (κ2) is 6.21. The number of aromatic nitrogens is 2. The van der Waals surface area contributed by atoms with Gasteiger partial charge in [0, 0.05) is 19.0 Å². The van der Waals surface area contributed by atoms with Gasteiger partial charge in [-0.05, 0) is 23.1 Å². The summed E-state index contributed by atoms with van der Waals surface area (Å²) >= 11 is 0. The van der Waals surface area contributed by atoms with Gasteiger partial charge in [0.05, 0.1) is 10.8 Å². The Labute approximate surface area is 149 Å². The zero-order valence-electron chi connectivity index (χ0n) is 15.4. The molecule has 2 heterocycles. The summed E-state index contributed by atoms with van der Waals surface area (Å²) in [5.74, 6) is 1.36. The van der Waals surface area contributed by atoms with E-state index in [1.54, 1.807) is 12.1 Å². The lowest BCUT2D eigenvalue weighted by atomic mass is 9.87. The molecule has 0 spiro atoms. The maximum atomic E-state index is 12.7. The summed E-state index contributed by atoms with van der Waals surface area (Å²) in [5, 5.41) is 3.94. The van der Waals surface area contributed by atoms with E-state index < -0.39 is 10.0 Å². The molecule has 0 amide bonds. The minimum Gasteiger partial charge on any atom is -0.339 e. The first-order valence-corrected chi connectivity index (χ1v) is 9.97. The molecular formula is C18H25N3O3S. The summed E-state index contributed by atoms with van der Waals surface area (Å²) in [5.41, 5.74) is 1.11. The third-order valence-electron chi connectivity index (χ3n) is 4.53. The smallest absolute Gasteiger partial charge is 0.243 e. The van der Waals surface area contributed by atoms with Crippen LogP contribution in [-0.4, -0.2) is 36.0 Å². The van der Waals surface area contributed by atoms with E-state index in [-0.39, 0.29) is 17.3 Å². The van der Waals surface area contributed by atoms with Crippen molar-refractivity contribution in [1.29, 1.82) is 0 Å². The lowest BCUT2D eigenvalue weighted by Gasteiger charge is -2.35. The average Bonchev–Trinajstić information content (AvgIpc) is 2.94. The number of hydrogen-bond donors (Lipinski definition) is 0. The Balaban J connectivity index is 1.70. The Bertz CT molecular complexity index is 842. The topological polar surface area (TPSA) is 76.3 Å². The molecule has 0 bridgehead atoms. The van der Waals surface area contributed by atoms with Crippen LogP contribution in [0.1, 0.15) is 63.7 Å². The van der Waals surface area contributed by atoms with Gasteiger partial charge in [-0.25, -0.2) is 8.42 Å². The molecule has 1 aliphatic rings. The van der Waals surface area contributed by atoms with E-state index in [0.29, 0.717) is 29.7 Å². The highest BCUT2D eigenvalue weighted by Gasteiger charge is 2.40. The van der Waals surface area contributed by atoms with Gasteiger partial charge in [0.15, 0.2) is 5.82 Å². The van der Waals surface area contributed by atoms with Gasteiger partial charge >= 0.3 is 0 Å². The van der Waals surface area contributed by atoms with Crippen molar-refractivity contribution < 1.29 is 12.9 Å². The van der Waals surface area contributed by atoms with Crippen LogP contribution >= 0.6 is 0 Å². The molecule has 0 atom stereocenters. The second-order valence-corrected chi connectivity index (χ2v) is 9.88. The molecule has 6 nitrogen and oxygen atoms in total. The fraction of sp³-hybridized carbons (Fsp3) is 0.556. The summed E-state index contributed by atoms with van der Waals surface area (Å²) in [4.78, 5) is 4.69. The van der Waals surface area contributed by atoms with Crippen molar-refractivity contribution >= 4 is 10.0 Å². The van der Waals surface area contributed by atoms with Gasteiger partial charge in [-0.2, -0.15) is 9.29 Å². The first kappa shape index (κ1) is 18.1. The third-order valence-corrected chi connectivity index (χ3v) is 6.38. The molecule has 0 saturated carbocycles. The predicted molar refractivity (Wildman–Crippen MR) is 95.0 cm³/mol. The molecule has 0 aliphatic carbocycles. The zero-order valence-corrected chi connectivity index (χ0v) is 16.2. The van der Waals surface area contributed by atoms with E-state index in [9.17, 15) is 8.42 Å². The Hall–Kier alpha value is -1.73. The van der Waals surface area contributed by atoms with Gasteiger partial charge in [0.2, 0.25) is 15.9 Å². The number of nitrogens with zero attached hydrogens (tertiary/aromatic N) is 3. The van der Waals surface area contributed by atoms with Crippen LogP contribution in [0.3, 0.4) is 0 Å². The summed E-state index contributed by atoms with van der Waals surface area (Å²) in [6, 6.07) is 7.15. The molecule has 1 fully saturated rings. The van der Waals surface area contributed by atoms with Crippen molar-refractivity contribution in [2.24, 2.45) is 0 Å². The van der Waals surface area contributed by atoms with Crippen LogP contribution in [-0.2, 0) is 15.4 Å². The highest BCUT2D eigenvalue weighted by atomic mass is 32.2. The van der Waals surface area contributed by atoms with Crippen LogP contribution in [0, 0.1) is 0 Å². The van der Waals surface area contributed by atoms with Crippen LogP contribution in [0.5, 0.6) is 0 Å². The minimum absolute atomic E-state index is 0.00375. The molecule has 0 N–H and O–H groups in total. The molecule has 1 aliphatic heterocycles. The molecule has 1 aromatic heterocycles. The maximum absolute atomic E-state index is 12.7. The monoisotopic (exact) mass is 363 g/mol. The first-order valence-electron chi connectivity index (χ1n) is 8.53. The summed E-state index contributed by atoms with van der Waals surface area (Å²) in [6.45, 7) is 11.1. The normalized spacial score (nSPS) is 17.0. The minimum atomic E-state index is -3.47. The Morgan fingerprint density at radius 1 is 1.16 bits per heavy atom. The molecule has 7 heteroatoms. The predicted octanol–water partition coefficient (Wildman–Crippen LogP) is 3.28. The van der Waals surface area contributed by atoms with Crippen molar-refractivity contribution in [1.82, 2.24) is 14.4 Å². The van der Waals surface area contributed by atoms with E-state index in [1.165, 1.54) is 4.31 Å². The van der Waals surface area contributed by atoms with Crippen molar-refractivity contribution in [2.45, 2.75) is 56.8 Å². The van der Waals surface area contributed by atoms with E-state index in [2.05, 4.69) is 30.9 Å². The van der Waals surface area contributed by atoms with Gasteiger partial charge in [-0.15, -0.1) is 0 Å². The van der Waals surface area contributed by atoms with E-state index in [4.69, 9.17) is 4.52 Å². The van der Waals surface area contributed by atoms with Crippen molar-refractivity contribution in [3.63, 3.8) is 0 Å². The first-order chi connectivity index (χ1) is 11.6. The Morgan fingerprint density at radius 3 is 2.24 bits per heavy atom. The van der Waals surface area contributed by atoms with Crippen LogP contribution in [0.4, 0.5) is 0 Å². The zero-order chi connectivity index (χ0) is 18.4. The summed E-state index contributed by atoms with van der Waals surface area (Å²) < 4.78 is 32.2. The van der Waals surface area contributed by atoms with E-state index in [0.717, 1.165) is 5.56 Å². The highest BCUT2D eigenvalue weighted by molar-refractivity contribution is 7.89. The quantitative estimate of drug-likeness (QED) is 0.833. The van der Waals surface area contributed by atoms with E-state index >= 15 is 0 Å². The molecule has 3 rings (SSSR count). The number of rotatable bonds is 4. The SMILES string of the molecule is CC(C)c1noc(C2CN(S(=O)(=O)c3ccc(C(C)(C)C)cc3)C2)n1. The Morgan fingerprint density at radius 2 is 1.76 bits per heavy atom. The van der Waals surface area contributed by atoms with Gasteiger partial charge in [-0.3, -0.25) is 0 Å². The standard InChI is InChI=1S/C18H25N3O3S/c1-12(2)16-19-17(24-20-16)13-10-21(11-13)25(22,23)15-8-6-14(7-9-15)18(3,4)5/h6-9,12-13H,10-11H2,1-5H3. The van der Waals surface area contributed by atoms with Crippen LogP contribution < -0.4 is 0 Å². The van der Waals surface area contributed by atoms with Crippen LogP contribution in [0.25, 0.3) is 0 Å². The molecular weight excluding hydrogens is 338 g/mol. The van der Waals surface area contributed by atoms with Crippen molar-refractivity contribution in [2.75, 3.05) is 13.1 Å². The van der Waals surface area contributed by atoms with Crippen LogP contribution in [0.2, 0.25) is 0 Å². The van der Waals surface area contributed by atoms with Gasteiger partial charge in [-0.1, -0.05) is 51.9 Å². The molecule has 25 heavy (non-hydrogen) atoms. The largest absolute Gasteiger partial charge is 0.339 e. The second-order valence-electron chi connectivity index (χ2n) is 7.94. The molecule has 1 saturated heterocycles. The van der Waals surface area contributed by atoms with Crippen molar-refractivity contribution in [3.05, 3.63) is 41.5 Å². The molecule has 2 aromatic rings. The molecule has 0 radical (unpaired) electrons. The Kier molecular flexibility index (Phi) is 4.49. The number of hydrogen-bond acceptors (Lipinski definition) is 5. The fourth-order valence-corrected chi connectivity index (χ4v) is 4.24. The number of benzene rings is 1. The van der Waals surface area contributed by atoms with Gasteiger partial charge in [0.25, 0.3) is 0 Å².